The van der Waals surface area contributed by atoms with E-state index in [0.717, 1.165) is 35.5 Å². The number of nitrogens with zero attached hydrogens (tertiary/aromatic N) is 1. The molecule has 0 bridgehead atoms. The van der Waals surface area contributed by atoms with E-state index in [1.807, 2.05) is 54.6 Å². The molecule has 2 aromatic rings. The molecular weight excluding hydrogens is 398 g/mol. The SMILES string of the molecule is C=CCC[C@@H](C1CC1)S(=O)(=O)N(Cc1ccc(OC)cc1)Cc1ccc(OC)cc1. The van der Waals surface area contributed by atoms with Crippen LogP contribution in [0.5, 0.6) is 11.5 Å². The lowest BCUT2D eigenvalue weighted by Gasteiger charge is -2.28. The average Bonchev–Trinajstić information content (AvgIpc) is 3.59. The predicted molar refractivity (Wildman–Crippen MR) is 120 cm³/mol. The van der Waals surface area contributed by atoms with Crippen LogP contribution in [0, 0.1) is 5.92 Å². The molecule has 0 radical (unpaired) electrons. The smallest absolute Gasteiger partial charge is 0.217 e. The zero-order valence-electron chi connectivity index (χ0n) is 17.8. The van der Waals surface area contributed by atoms with Gasteiger partial charge in [-0.1, -0.05) is 30.3 Å². The molecule has 0 saturated heterocycles. The number of rotatable bonds is 12. The molecule has 0 aliphatic heterocycles. The van der Waals surface area contributed by atoms with Gasteiger partial charge >= 0.3 is 0 Å². The van der Waals surface area contributed by atoms with Gasteiger partial charge in [0, 0.05) is 13.1 Å². The highest BCUT2D eigenvalue weighted by Gasteiger charge is 2.42. The molecule has 5 nitrogen and oxygen atoms in total. The van der Waals surface area contributed by atoms with Crippen molar-refractivity contribution in [2.75, 3.05) is 14.2 Å². The van der Waals surface area contributed by atoms with E-state index in [4.69, 9.17) is 9.47 Å². The van der Waals surface area contributed by atoms with E-state index >= 15 is 0 Å². The van der Waals surface area contributed by atoms with Crippen LogP contribution in [-0.2, 0) is 23.1 Å². The molecule has 6 heteroatoms. The first-order valence-electron chi connectivity index (χ1n) is 10.3. The quantitative estimate of drug-likeness (QED) is 0.456. The van der Waals surface area contributed by atoms with E-state index < -0.39 is 10.0 Å². The van der Waals surface area contributed by atoms with Gasteiger partial charge in [0.15, 0.2) is 0 Å². The molecule has 0 spiro atoms. The zero-order valence-corrected chi connectivity index (χ0v) is 18.6. The summed E-state index contributed by atoms with van der Waals surface area (Å²) in [5.41, 5.74) is 1.87. The number of ether oxygens (including phenoxy) is 2. The Balaban J connectivity index is 1.88. The Morgan fingerprint density at radius 2 is 1.43 bits per heavy atom. The van der Waals surface area contributed by atoms with Crippen LogP contribution in [0.2, 0.25) is 0 Å². The summed E-state index contributed by atoms with van der Waals surface area (Å²) in [6.45, 7) is 4.43. The van der Waals surface area contributed by atoms with E-state index in [9.17, 15) is 8.42 Å². The van der Waals surface area contributed by atoms with Gasteiger partial charge in [0.2, 0.25) is 10.0 Å². The van der Waals surface area contributed by atoms with Crippen LogP contribution in [0.4, 0.5) is 0 Å². The fourth-order valence-electron chi connectivity index (χ4n) is 3.67. The van der Waals surface area contributed by atoms with Crippen LogP contribution in [0.25, 0.3) is 0 Å². The molecule has 1 saturated carbocycles. The Bertz CT molecular complexity index is 869. The minimum Gasteiger partial charge on any atom is -0.497 e. The van der Waals surface area contributed by atoms with Crippen molar-refractivity contribution in [1.82, 2.24) is 4.31 Å². The molecule has 0 amide bonds. The zero-order chi connectivity index (χ0) is 21.6. The summed E-state index contributed by atoms with van der Waals surface area (Å²) in [7, 11) is -0.236. The topological polar surface area (TPSA) is 55.8 Å². The summed E-state index contributed by atoms with van der Waals surface area (Å²) in [5.74, 6) is 1.76. The van der Waals surface area contributed by atoms with Gasteiger partial charge in [0.1, 0.15) is 11.5 Å². The van der Waals surface area contributed by atoms with Gasteiger partial charge in [-0.2, -0.15) is 4.31 Å². The number of methoxy groups -OCH3 is 2. The summed E-state index contributed by atoms with van der Waals surface area (Å²) in [4.78, 5) is 0. The van der Waals surface area contributed by atoms with Crippen molar-refractivity contribution in [3.05, 3.63) is 72.3 Å². The van der Waals surface area contributed by atoms with Crippen LogP contribution in [-0.4, -0.2) is 32.2 Å². The van der Waals surface area contributed by atoms with Gasteiger partial charge in [0.25, 0.3) is 0 Å². The monoisotopic (exact) mass is 429 g/mol. The molecule has 162 valence electrons. The van der Waals surface area contributed by atoms with E-state index in [2.05, 4.69) is 6.58 Å². The number of sulfonamides is 1. The molecular formula is C24H31NO4S. The van der Waals surface area contributed by atoms with Gasteiger partial charge < -0.3 is 9.47 Å². The third-order valence-corrected chi connectivity index (χ3v) is 7.95. The predicted octanol–water partition coefficient (Wildman–Crippen LogP) is 4.78. The highest BCUT2D eigenvalue weighted by Crippen LogP contribution is 2.40. The second kappa shape index (κ2) is 10.1. The van der Waals surface area contributed by atoms with Gasteiger partial charge in [-0.15, -0.1) is 6.58 Å². The number of benzene rings is 2. The molecule has 1 atom stereocenters. The third kappa shape index (κ3) is 5.64. The van der Waals surface area contributed by atoms with Crippen LogP contribution < -0.4 is 9.47 Å². The molecule has 0 N–H and O–H groups in total. The van der Waals surface area contributed by atoms with E-state index in [0.29, 0.717) is 25.9 Å². The van der Waals surface area contributed by atoms with Crippen molar-refractivity contribution in [3.8, 4) is 11.5 Å². The van der Waals surface area contributed by atoms with Crippen LogP contribution in [0.15, 0.2) is 61.2 Å². The third-order valence-electron chi connectivity index (χ3n) is 5.58. The summed E-state index contributed by atoms with van der Waals surface area (Å²) in [6.07, 6.45) is 5.11. The Labute approximate surface area is 180 Å². The molecule has 0 heterocycles. The molecule has 30 heavy (non-hydrogen) atoms. The lowest BCUT2D eigenvalue weighted by Crippen LogP contribution is -2.39. The molecule has 1 aliphatic carbocycles. The van der Waals surface area contributed by atoms with Gasteiger partial charge in [-0.3, -0.25) is 0 Å². The Hall–Kier alpha value is -2.31. The maximum absolute atomic E-state index is 13.7. The fraction of sp³-hybridized carbons (Fsp3) is 0.417. The average molecular weight is 430 g/mol. The lowest BCUT2D eigenvalue weighted by molar-refractivity contribution is 0.385. The van der Waals surface area contributed by atoms with Gasteiger partial charge in [-0.25, -0.2) is 8.42 Å². The van der Waals surface area contributed by atoms with Crippen molar-refractivity contribution in [2.45, 2.75) is 44.0 Å². The normalized spacial score (nSPS) is 15.0. The highest BCUT2D eigenvalue weighted by atomic mass is 32.2. The maximum atomic E-state index is 13.7. The van der Waals surface area contributed by atoms with Crippen LogP contribution in [0.3, 0.4) is 0 Å². The van der Waals surface area contributed by atoms with E-state index in [-0.39, 0.29) is 11.2 Å². The van der Waals surface area contributed by atoms with Gasteiger partial charge in [0.05, 0.1) is 19.5 Å². The van der Waals surface area contributed by atoms with E-state index in [1.54, 1.807) is 18.5 Å². The summed E-state index contributed by atoms with van der Waals surface area (Å²) >= 11 is 0. The van der Waals surface area contributed by atoms with Crippen molar-refractivity contribution >= 4 is 10.0 Å². The summed E-state index contributed by atoms with van der Waals surface area (Å²) in [6, 6.07) is 15.1. The largest absolute Gasteiger partial charge is 0.497 e. The molecule has 0 unspecified atom stereocenters. The fourth-order valence-corrected chi connectivity index (χ4v) is 5.91. The molecule has 1 aliphatic rings. The first kappa shape index (κ1) is 22.4. The van der Waals surface area contributed by atoms with E-state index in [1.165, 1.54) is 0 Å². The van der Waals surface area contributed by atoms with Crippen molar-refractivity contribution in [1.29, 1.82) is 0 Å². The number of hydrogen-bond donors (Lipinski definition) is 0. The standard InChI is InChI=1S/C24H31NO4S/c1-4-5-6-24(21-11-12-21)30(26,27)25(17-19-7-13-22(28-2)14-8-19)18-20-9-15-23(29-3)16-10-20/h4,7-10,13-16,21,24H,1,5-6,11-12,17-18H2,2-3H3/t24-/m0/s1. The Morgan fingerprint density at radius 3 is 1.80 bits per heavy atom. The first-order valence-corrected chi connectivity index (χ1v) is 11.8. The Morgan fingerprint density at radius 1 is 0.967 bits per heavy atom. The maximum Gasteiger partial charge on any atom is 0.217 e. The second-order valence-electron chi connectivity index (χ2n) is 7.75. The minimum atomic E-state index is -3.48. The highest BCUT2D eigenvalue weighted by molar-refractivity contribution is 7.89. The van der Waals surface area contributed by atoms with Crippen LogP contribution in [0.1, 0.15) is 36.8 Å². The summed E-state index contributed by atoms with van der Waals surface area (Å²) in [5, 5.41) is -0.355. The number of hydrogen-bond acceptors (Lipinski definition) is 4. The Kier molecular flexibility index (Phi) is 7.56. The van der Waals surface area contributed by atoms with Crippen molar-refractivity contribution in [2.24, 2.45) is 5.92 Å². The van der Waals surface area contributed by atoms with Crippen LogP contribution >= 0.6 is 0 Å². The first-order chi connectivity index (χ1) is 14.5. The van der Waals surface area contributed by atoms with Crippen molar-refractivity contribution in [3.63, 3.8) is 0 Å². The summed E-state index contributed by atoms with van der Waals surface area (Å²) < 4.78 is 39.5. The second-order valence-corrected chi connectivity index (χ2v) is 9.90. The molecule has 2 aromatic carbocycles. The molecule has 1 fully saturated rings. The number of allylic oxidation sites excluding steroid dienone is 1. The van der Waals surface area contributed by atoms with Crippen molar-refractivity contribution < 1.29 is 17.9 Å². The molecule has 3 rings (SSSR count). The molecule has 0 aromatic heterocycles. The lowest BCUT2D eigenvalue weighted by atomic mass is 10.2. The van der Waals surface area contributed by atoms with Gasteiger partial charge in [-0.05, 0) is 67.0 Å². The minimum absolute atomic E-state index is 0.254.